The predicted molar refractivity (Wildman–Crippen MR) is 182 cm³/mol. The van der Waals surface area contributed by atoms with Crippen molar-refractivity contribution in [1.82, 2.24) is 35.5 Å². The van der Waals surface area contributed by atoms with Crippen molar-refractivity contribution < 1.29 is 22.8 Å². The molecule has 15 heteroatoms. The molecule has 0 saturated heterocycles. The Morgan fingerprint density at radius 2 is 1.77 bits per heavy atom. The van der Waals surface area contributed by atoms with E-state index in [1.807, 2.05) is 18.4 Å². The summed E-state index contributed by atoms with van der Waals surface area (Å²) in [4.78, 5) is 48.6. The van der Waals surface area contributed by atoms with E-state index in [4.69, 9.17) is 0 Å². The largest absolute Gasteiger partial charge is 0.354 e. The summed E-state index contributed by atoms with van der Waals surface area (Å²) in [6, 6.07) is 6.60. The fourth-order valence-electron chi connectivity index (χ4n) is 4.86. The minimum absolute atomic E-state index is 0.0767. The first-order chi connectivity index (χ1) is 22.4. The van der Waals surface area contributed by atoms with Gasteiger partial charge in [0.2, 0.25) is 5.91 Å². The van der Waals surface area contributed by atoms with Crippen LogP contribution in [0.25, 0.3) is 0 Å². The highest BCUT2D eigenvalue weighted by molar-refractivity contribution is 7.90. The van der Waals surface area contributed by atoms with Gasteiger partial charge in [-0.15, -0.1) is 11.3 Å². The van der Waals surface area contributed by atoms with E-state index in [9.17, 15) is 22.8 Å². The van der Waals surface area contributed by atoms with Gasteiger partial charge in [-0.05, 0) is 61.9 Å². The first-order valence-electron chi connectivity index (χ1n) is 15.6. The van der Waals surface area contributed by atoms with Gasteiger partial charge in [0.05, 0.1) is 29.0 Å². The van der Waals surface area contributed by atoms with Crippen molar-refractivity contribution in [3.8, 4) is 0 Å². The summed E-state index contributed by atoms with van der Waals surface area (Å²) in [6.45, 7) is 4.68. The maximum Gasteiger partial charge on any atom is 0.303 e. The van der Waals surface area contributed by atoms with E-state index in [0.29, 0.717) is 25.3 Å². The lowest BCUT2D eigenvalue weighted by molar-refractivity contribution is -0.123. The van der Waals surface area contributed by atoms with Gasteiger partial charge in [-0.2, -0.15) is 12.7 Å². The van der Waals surface area contributed by atoms with Crippen LogP contribution in [-0.4, -0.2) is 86.7 Å². The number of aromatic nitrogens is 2. The molecule has 1 fully saturated rings. The number of benzene rings is 1. The molecule has 4 N–H and O–H groups in total. The van der Waals surface area contributed by atoms with Gasteiger partial charge in [0.15, 0.2) is 0 Å². The van der Waals surface area contributed by atoms with Crippen molar-refractivity contribution in [2.24, 2.45) is 5.92 Å². The first-order valence-corrected chi connectivity index (χ1v) is 17.9. The molecule has 2 aromatic heterocycles. The van der Waals surface area contributed by atoms with Crippen LogP contribution in [0.5, 0.6) is 0 Å². The number of carbonyl (C=O) groups is 3. The number of hydrogen-bond acceptors (Lipinski definition) is 9. The fourth-order valence-corrected chi connectivity index (χ4v) is 6.29. The molecule has 254 valence electrons. The number of anilines is 1. The maximum absolute atomic E-state index is 13.8. The molecule has 2 heterocycles. The second kappa shape index (κ2) is 16.3. The van der Waals surface area contributed by atoms with Crippen LogP contribution in [0.15, 0.2) is 53.6 Å². The molecule has 0 spiro atoms. The van der Waals surface area contributed by atoms with E-state index in [0.717, 1.165) is 32.7 Å². The summed E-state index contributed by atoms with van der Waals surface area (Å²) < 4.78 is 28.1. The molecule has 3 aromatic rings. The number of rotatable bonds is 17. The molecule has 0 radical (unpaired) electrons. The Labute approximate surface area is 280 Å². The monoisotopic (exact) mass is 684 g/mol. The van der Waals surface area contributed by atoms with Crippen LogP contribution >= 0.6 is 11.3 Å². The van der Waals surface area contributed by atoms with E-state index >= 15 is 0 Å². The van der Waals surface area contributed by atoms with Gasteiger partial charge in [-0.25, -0.2) is 4.98 Å². The highest BCUT2D eigenvalue weighted by Gasteiger charge is 2.27. The van der Waals surface area contributed by atoms with Crippen molar-refractivity contribution in [1.29, 1.82) is 0 Å². The van der Waals surface area contributed by atoms with Gasteiger partial charge in [-0.1, -0.05) is 13.0 Å². The van der Waals surface area contributed by atoms with E-state index < -0.39 is 40.1 Å². The molecule has 1 unspecified atom stereocenters. The smallest absolute Gasteiger partial charge is 0.303 e. The topological polar surface area (TPSA) is 166 Å². The van der Waals surface area contributed by atoms with E-state index in [1.54, 1.807) is 30.9 Å². The Bertz CT molecular complexity index is 1620. The Kier molecular flexibility index (Phi) is 12.4. The molecule has 13 nitrogen and oxygen atoms in total. The number of nitrogens with zero attached hydrogens (tertiary/aromatic N) is 4. The molecule has 4 rings (SSSR count). The maximum atomic E-state index is 13.8. The summed E-state index contributed by atoms with van der Waals surface area (Å²) in [5.41, 5.74) is 3.62. The summed E-state index contributed by atoms with van der Waals surface area (Å²) >= 11 is 1.44. The third-order valence-corrected chi connectivity index (χ3v) is 10.5. The molecule has 1 aliphatic rings. The molecule has 0 bridgehead atoms. The predicted octanol–water partition coefficient (Wildman–Crippen LogP) is 2.51. The van der Waals surface area contributed by atoms with Gasteiger partial charge in [0.25, 0.3) is 11.8 Å². The van der Waals surface area contributed by atoms with Gasteiger partial charge < -0.3 is 21.3 Å². The van der Waals surface area contributed by atoms with Crippen LogP contribution in [-0.2, 0) is 21.4 Å². The summed E-state index contributed by atoms with van der Waals surface area (Å²) in [5.74, 6) is -0.518. The Morgan fingerprint density at radius 3 is 2.34 bits per heavy atom. The number of hydrogen-bond donors (Lipinski definition) is 4. The zero-order valence-corrected chi connectivity index (χ0v) is 29.0. The van der Waals surface area contributed by atoms with Gasteiger partial charge in [-0.3, -0.25) is 23.7 Å². The van der Waals surface area contributed by atoms with Crippen molar-refractivity contribution in [2.75, 3.05) is 38.5 Å². The van der Waals surface area contributed by atoms with Gasteiger partial charge in [0, 0.05) is 75.6 Å². The number of thiazole rings is 1. The zero-order chi connectivity index (χ0) is 34.1. The van der Waals surface area contributed by atoms with Crippen molar-refractivity contribution in [2.45, 2.75) is 57.7 Å². The second-order valence-corrected chi connectivity index (χ2v) is 14.8. The normalized spacial score (nSPS) is 15.0. The summed E-state index contributed by atoms with van der Waals surface area (Å²) in [7, 11) is 0.228. The van der Waals surface area contributed by atoms with Gasteiger partial charge >= 0.3 is 10.2 Å². The molecule has 3 atom stereocenters. The lowest BCUT2D eigenvalue weighted by Gasteiger charge is -2.25. The average Bonchev–Trinajstić information content (AvgIpc) is 3.76. The number of pyridine rings is 1. The van der Waals surface area contributed by atoms with Crippen LogP contribution < -0.4 is 25.6 Å². The summed E-state index contributed by atoms with van der Waals surface area (Å²) in [6.07, 6.45) is 6.52. The third-order valence-electron chi connectivity index (χ3n) is 8.02. The van der Waals surface area contributed by atoms with E-state index in [-0.39, 0.29) is 29.3 Å². The van der Waals surface area contributed by atoms with Crippen LogP contribution in [0.3, 0.4) is 0 Å². The number of nitrogens with one attached hydrogen (secondary N) is 4. The van der Waals surface area contributed by atoms with Crippen molar-refractivity contribution in [3.63, 3.8) is 0 Å². The molecule has 1 aliphatic carbocycles. The van der Waals surface area contributed by atoms with Crippen LogP contribution in [0.4, 0.5) is 5.69 Å². The molecule has 1 saturated carbocycles. The lowest BCUT2D eigenvalue weighted by atomic mass is 10.0. The quantitative estimate of drug-likeness (QED) is 0.168. The van der Waals surface area contributed by atoms with E-state index in [2.05, 4.69) is 31.2 Å². The number of amides is 3. The molecular formula is C32H44N8O5S2. The highest BCUT2D eigenvalue weighted by Crippen LogP contribution is 2.27. The molecule has 3 amide bonds. The molecule has 0 aliphatic heterocycles. The highest BCUT2D eigenvalue weighted by atomic mass is 32.2. The second-order valence-electron chi connectivity index (χ2n) is 11.9. The molecule has 1 aromatic carbocycles. The Hall–Kier alpha value is -3.92. The molecular weight excluding hydrogens is 641 g/mol. The van der Waals surface area contributed by atoms with Crippen molar-refractivity contribution >= 4 is 45.0 Å². The zero-order valence-electron chi connectivity index (χ0n) is 27.4. The van der Waals surface area contributed by atoms with Gasteiger partial charge in [0.1, 0.15) is 0 Å². The van der Waals surface area contributed by atoms with E-state index in [1.165, 1.54) is 50.7 Å². The minimum atomic E-state index is -3.93. The van der Waals surface area contributed by atoms with Crippen LogP contribution in [0.1, 0.15) is 71.1 Å². The first kappa shape index (κ1) is 35.9. The average molecular weight is 685 g/mol. The van der Waals surface area contributed by atoms with Crippen LogP contribution in [0.2, 0.25) is 0 Å². The Balaban J connectivity index is 1.58. The third kappa shape index (κ3) is 10.0. The van der Waals surface area contributed by atoms with Crippen molar-refractivity contribution in [3.05, 3.63) is 76.0 Å². The SMILES string of the molecule is CC[C@H](NC[C@H](Cc1cscn1)NC(=O)c1cc(C(=O)NC(C)c2cccnc2)cc(N(C)S(=O)(=O)N(C)C)c1)C(=O)NCC1CC1. The fraction of sp³-hybridized carbons (Fsp3) is 0.469. The number of carbonyl (C=O) groups excluding carboxylic acids is 3. The standard InChI is InChI=1S/C32H44N8O5S2/c1-6-29(32(43)35-16-22-9-10-22)34-18-26(15-27-19-46-20-36-27)38-31(42)25-12-24(13-28(14-25)40(5)47(44,45)39(3)4)30(41)37-21(2)23-8-7-11-33-17-23/h7-8,11-14,17,19-22,26,29,34H,6,9-10,15-16,18H2,1-5H3,(H,35,43)(H,37,41)(H,38,42)/t21?,26-,29-/m0/s1. The lowest BCUT2D eigenvalue weighted by Crippen LogP contribution is -2.50. The minimum Gasteiger partial charge on any atom is -0.354 e. The van der Waals surface area contributed by atoms with Crippen LogP contribution in [0, 0.1) is 5.92 Å². The molecule has 47 heavy (non-hydrogen) atoms. The summed E-state index contributed by atoms with van der Waals surface area (Å²) in [5, 5.41) is 14.1. The Morgan fingerprint density at radius 1 is 1.06 bits per heavy atom.